The minimum absolute atomic E-state index is 0.132. The number of anilines is 2. The molecule has 0 saturated heterocycles. The van der Waals surface area contributed by atoms with Crippen molar-refractivity contribution in [2.75, 3.05) is 17.7 Å². The Hall–Kier alpha value is -1.70. The zero-order valence-electron chi connectivity index (χ0n) is 11.1. The van der Waals surface area contributed by atoms with E-state index in [1.807, 2.05) is 25.9 Å². The maximum atomic E-state index is 8.73. The summed E-state index contributed by atoms with van der Waals surface area (Å²) in [5, 5.41) is 13.2. The third-order valence-electron chi connectivity index (χ3n) is 3.00. The Morgan fingerprint density at radius 1 is 1.59 bits per heavy atom. The molecule has 1 aromatic rings. The molecule has 0 bridgehead atoms. The first kappa shape index (κ1) is 13.4. The number of nitrogen functional groups attached to an aromatic ring is 1. The van der Waals surface area contributed by atoms with Crippen LogP contribution in [0.5, 0.6) is 0 Å². The fraction of sp³-hybridized carbons (Fsp3) is 0.667. The van der Waals surface area contributed by atoms with Crippen LogP contribution in [0.4, 0.5) is 11.5 Å². The van der Waals surface area contributed by atoms with E-state index in [4.69, 9.17) is 11.0 Å². The minimum atomic E-state index is 0.132. The fourth-order valence-electron chi connectivity index (χ4n) is 1.90. The van der Waals surface area contributed by atoms with Crippen LogP contribution in [0, 0.1) is 11.3 Å². The van der Waals surface area contributed by atoms with Crippen LogP contribution in [0.1, 0.15) is 32.4 Å². The summed E-state index contributed by atoms with van der Waals surface area (Å²) in [5.41, 5.74) is 7.80. The fourth-order valence-corrected chi connectivity index (χ4v) is 1.90. The second kappa shape index (κ2) is 5.58. The maximum Gasteiger partial charge on any atom is 0.150 e. The van der Waals surface area contributed by atoms with Crippen LogP contribution in [0.3, 0.4) is 0 Å². The van der Waals surface area contributed by atoms with Crippen LogP contribution in [-0.2, 0) is 13.5 Å². The van der Waals surface area contributed by atoms with E-state index >= 15 is 0 Å². The first-order chi connectivity index (χ1) is 8.02. The van der Waals surface area contributed by atoms with Gasteiger partial charge in [-0.1, -0.05) is 13.3 Å². The van der Waals surface area contributed by atoms with E-state index in [1.54, 1.807) is 4.68 Å². The number of nitriles is 1. The van der Waals surface area contributed by atoms with Gasteiger partial charge in [0, 0.05) is 20.1 Å². The van der Waals surface area contributed by atoms with Gasteiger partial charge in [0.1, 0.15) is 5.82 Å². The largest absolute Gasteiger partial charge is 0.394 e. The van der Waals surface area contributed by atoms with Crippen LogP contribution in [-0.4, -0.2) is 22.9 Å². The third-order valence-corrected chi connectivity index (χ3v) is 3.00. The predicted octanol–water partition coefficient (Wildman–Crippen LogP) is 1.69. The van der Waals surface area contributed by atoms with Crippen molar-refractivity contribution in [1.29, 1.82) is 5.26 Å². The first-order valence-electron chi connectivity index (χ1n) is 5.94. The maximum absolute atomic E-state index is 8.73. The number of aryl methyl sites for hydroxylation is 2. The second-order valence-corrected chi connectivity index (χ2v) is 4.38. The van der Waals surface area contributed by atoms with Crippen molar-refractivity contribution in [3.8, 4) is 6.07 Å². The third kappa shape index (κ3) is 2.70. The summed E-state index contributed by atoms with van der Waals surface area (Å²) in [6, 6.07) is 2.31. The van der Waals surface area contributed by atoms with E-state index in [9.17, 15) is 0 Å². The normalized spacial score (nSPS) is 12.2. The van der Waals surface area contributed by atoms with Gasteiger partial charge in [-0.2, -0.15) is 10.4 Å². The Labute approximate surface area is 103 Å². The zero-order chi connectivity index (χ0) is 13.0. The van der Waals surface area contributed by atoms with Crippen molar-refractivity contribution in [3.63, 3.8) is 0 Å². The Morgan fingerprint density at radius 2 is 2.24 bits per heavy atom. The summed E-state index contributed by atoms with van der Waals surface area (Å²) >= 11 is 0. The molecule has 0 aliphatic heterocycles. The lowest BCUT2D eigenvalue weighted by molar-refractivity contribution is 0.652. The summed E-state index contributed by atoms with van der Waals surface area (Å²) in [4.78, 5) is 2.02. The quantitative estimate of drug-likeness (QED) is 0.843. The molecule has 5 heteroatoms. The molecule has 0 radical (unpaired) electrons. The van der Waals surface area contributed by atoms with E-state index < -0.39 is 0 Å². The molecule has 1 heterocycles. The Morgan fingerprint density at radius 3 is 2.76 bits per heavy atom. The van der Waals surface area contributed by atoms with Crippen LogP contribution in [0.15, 0.2) is 0 Å². The topological polar surface area (TPSA) is 70.9 Å². The van der Waals surface area contributed by atoms with Gasteiger partial charge in [0.2, 0.25) is 0 Å². The lowest BCUT2D eigenvalue weighted by Gasteiger charge is -2.25. The molecule has 1 aromatic heterocycles. The molecular weight excluding hydrogens is 214 g/mol. The van der Waals surface area contributed by atoms with Gasteiger partial charge in [0.05, 0.1) is 23.9 Å². The molecule has 0 fully saturated rings. The highest BCUT2D eigenvalue weighted by Gasteiger charge is 2.19. The van der Waals surface area contributed by atoms with Crippen LogP contribution in [0.25, 0.3) is 0 Å². The Bertz CT molecular complexity index is 415. The lowest BCUT2D eigenvalue weighted by atomic mass is 10.2. The molecule has 0 spiro atoms. The Balaban J connectivity index is 3.01. The van der Waals surface area contributed by atoms with Gasteiger partial charge < -0.3 is 10.6 Å². The van der Waals surface area contributed by atoms with Crippen LogP contribution >= 0.6 is 0 Å². The number of rotatable bonds is 5. The van der Waals surface area contributed by atoms with Gasteiger partial charge in [-0.25, -0.2) is 0 Å². The highest BCUT2D eigenvalue weighted by Crippen LogP contribution is 2.27. The van der Waals surface area contributed by atoms with E-state index in [2.05, 4.69) is 18.1 Å². The monoisotopic (exact) mass is 235 g/mol. The van der Waals surface area contributed by atoms with Crippen LogP contribution < -0.4 is 10.6 Å². The number of hydrogen-bond acceptors (Lipinski definition) is 4. The van der Waals surface area contributed by atoms with E-state index in [-0.39, 0.29) is 6.04 Å². The van der Waals surface area contributed by atoms with Gasteiger partial charge >= 0.3 is 0 Å². The van der Waals surface area contributed by atoms with Crippen molar-refractivity contribution in [1.82, 2.24) is 9.78 Å². The molecule has 1 unspecified atom stereocenters. The van der Waals surface area contributed by atoms with Crippen molar-refractivity contribution in [2.45, 2.75) is 39.2 Å². The van der Waals surface area contributed by atoms with Gasteiger partial charge in [0.15, 0.2) is 0 Å². The SMILES string of the molecule is CCCc1nn(C)c(N(C)C(C)CC#N)c1N. The smallest absolute Gasteiger partial charge is 0.150 e. The number of nitrogens with two attached hydrogens (primary N) is 1. The summed E-state index contributed by atoms with van der Waals surface area (Å²) in [5.74, 6) is 0.899. The molecule has 0 aromatic carbocycles. The van der Waals surface area contributed by atoms with Crippen molar-refractivity contribution >= 4 is 11.5 Å². The predicted molar refractivity (Wildman–Crippen MR) is 69.7 cm³/mol. The van der Waals surface area contributed by atoms with E-state index in [0.717, 1.165) is 30.0 Å². The molecule has 17 heavy (non-hydrogen) atoms. The minimum Gasteiger partial charge on any atom is -0.394 e. The highest BCUT2D eigenvalue weighted by atomic mass is 15.4. The highest BCUT2D eigenvalue weighted by molar-refractivity contribution is 5.66. The number of nitrogens with zero attached hydrogens (tertiary/aromatic N) is 4. The molecule has 0 amide bonds. The summed E-state index contributed by atoms with van der Waals surface area (Å²) in [6.45, 7) is 4.12. The average molecular weight is 235 g/mol. The summed E-state index contributed by atoms with van der Waals surface area (Å²) in [6.07, 6.45) is 2.39. The standard InChI is InChI=1S/C12H21N5/c1-5-6-10-11(14)12(17(4)15-10)16(3)9(2)7-8-13/h9H,5-7,14H2,1-4H3. The molecule has 5 nitrogen and oxygen atoms in total. The van der Waals surface area contributed by atoms with E-state index in [1.165, 1.54) is 0 Å². The summed E-state index contributed by atoms with van der Waals surface area (Å²) in [7, 11) is 3.84. The number of hydrogen-bond donors (Lipinski definition) is 1. The van der Waals surface area contributed by atoms with E-state index in [0.29, 0.717) is 6.42 Å². The molecule has 1 atom stereocenters. The van der Waals surface area contributed by atoms with Gasteiger partial charge in [-0.05, 0) is 13.3 Å². The van der Waals surface area contributed by atoms with Gasteiger partial charge in [-0.3, -0.25) is 4.68 Å². The van der Waals surface area contributed by atoms with Crippen molar-refractivity contribution < 1.29 is 0 Å². The van der Waals surface area contributed by atoms with Crippen molar-refractivity contribution in [2.24, 2.45) is 7.05 Å². The van der Waals surface area contributed by atoms with Crippen molar-refractivity contribution in [3.05, 3.63) is 5.69 Å². The molecule has 94 valence electrons. The molecular formula is C12H21N5. The molecule has 0 aliphatic carbocycles. The molecule has 1 rings (SSSR count). The Kier molecular flexibility index (Phi) is 4.38. The molecule has 0 saturated carbocycles. The zero-order valence-corrected chi connectivity index (χ0v) is 11.1. The average Bonchev–Trinajstić information content (AvgIpc) is 2.54. The lowest BCUT2D eigenvalue weighted by Crippen LogP contribution is -2.30. The second-order valence-electron chi connectivity index (χ2n) is 4.38. The van der Waals surface area contributed by atoms with Gasteiger partial charge in [-0.15, -0.1) is 0 Å². The molecule has 2 N–H and O–H groups in total. The summed E-state index contributed by atoms with van der Waals surface area (Å²) < 4.78 is 1.80. The first-order valence-corrected chi connectivity index (χ1v) is 5.94. The van der Waals surface area contributed by atoms with Gasteiger partial charge in [0.25, 0.3) is 0 Å². The molecule has 0 aliphatic rings. The number of aromatic nitrogens is 2. The van der Waals surface area contributed by atoms with Crippen LogP contribution in [0.2, 0.25) is 0 Å².